The average Bonchev–Trinajstić information content (AvgIpc) is 3.11. The van der Waals surface area contributed by atoms with Crippen molar-refractivity contribution in [3.05, 3.63) is 0 Å². The number of amides is 4. The normalized spacial score (nSPS) is 20.3. The fourth-order valence-corrected chi connectivity index (χ4v) is 3.17. The van der Waals surface area contributed by atoms with Crippen LogP contribution in [0.25, 0.3) is 0 Å². The molecule has 5 unspecified atom stereocenters. The lowest BCUT2D eigenvalue weighted by molar-refractivity contribution is -0.143. The zero-order valence-corrected chi connectivity index (χ0v) is 16.8. The van der Waals surface area contributed by atoms with Crippen molar-refractivity contribution >= 4 is 42.2 Å². The standard InChI is InChI=1S/C16H27N5O7S/c1-7(22)12(14(25)19-9(6-29)16(27)28)20-13(24)10-3-2-4-21(10)15(26)8(17)5-11(18)23/h7-10,12,22,29H,2-6,17H2,1H3,(H2,18,23)(H,19,25)(H,20,24)(H,27,28). The van der Waals surface area contributed by atoms with Crippen LogP contribution in [0.5, 0.6) is 0 Å². The van der Waals surface area contributed by atoms with Crippen LogP contribution in [-0.2, 0) is 24.0 Å². The Kier molecular flexibility index (Phi) is 9.33. The number of likely N-dealkylation sites (tertiary alicyclic amines) is 1. The predicted molar refractivity (Wildman–Crippen MR) is 104 cm³/mol. The second-order valence-electron chi connectivity index (χ2n) is 6.78. The number of primary amides is 1. The summed E-state index contributed by atoms with van der Waals surface area (Å²) in [4.78, 5) is 60.6. The third-order valence-electron chi connectivity index (χ3n) is 4.44. The van der Waals surface area contributed by atoms with Crippen LogP contribution in [0, 0.1) is 0 Å². The number of aliphatic hydroxyl groups is 1. The van der Waals surface area contributed by atoms with Gasteiger partial charge in [-0.05, 0) is 19.8 Å². The summed E-state index contributed by atoms with van der Waals surface area (Å²) in [6.45, 7) is 1.48. The van der Waals surface area contributed by atoms with Gasteiger partial charge in [-0.2, -0.15) is 12.6 Å². The van der Waals surface area contributed by atoms with Crippen LogP contribution in [0.4, 0.5) is 0 Å². The molecule has 0 aliphatic carbocycles. The molecule has 29 heavy (non-hydrogen) atoms. The van der Waals surface area contributed by atoms with Crippen molar-refractivity contribution in [2.24, 2.45) is 11.5 Å². The Balaban J connectivity index is 2.86. The fraction of sp³-hybridized carbons (Fsp3) is 0.688. The van der Waals surface area contributed by atoms with Gasteiger partial charge in [0.15, 0.2) is 0 Å². The van der Waals surface area contributed by atoms with Gasteiger partial charge in [0.1, 0.15) is 18.1 Å². The molecule has 0 aromatic heterocycles. The number of hydrogen-bond donors (Lipinski definition) is 7. The highest BCUT2D eigenvalue weighted by molar-refractivity contribution is 7.80. The monoisotopic (exact) mass is 433 g/mol. The van der Waals surface area contributed by atoms with Gasteiger partial charge in [0.25, 0.3) is 0 Å². The van der Waals surface area contributed by atoms with Gasteiger partial charge in [0.05, 0.1) is 18.6 Å². The first-order chi connectivity index (χ1) is 13.5. The van der Waals surface area contributed by atoms with Gasteiger partial charge in [-0.3, -0.25) is 19.2 Å². The van der Waals surface area contributed by atoms with E-state index in [0.717, 1.165) is 0 Å². The molecule has 0 saturated carbocycles. The first kappa shape index (κ1) is 24.7. The van der Waals surface area contributed by atoms with Crippen molar-refractivity contribution in [1.82, 2.24) is 15.5 Å². The number of rotatable bonds is 10. The van der Waals surface area contributed by atoms with E-state index >= 15 is 0 Å². The number of carboxylic acids is 1. The van der Waals surface area contributed by atoms with E-state index in [0.29, 0.717) is 12.8 Å². The van der Waals surface area contributed by atoms with E-state index in [4.69, 9.17) is 16.6 Å². The van der Waals surface area contributed by atoms with Crippen molar-refractivity contribution < 1.29 is 34.2 Å². The van der Waals surface area contributed by atoms with E-state index < -0.39 is 59.9 Å². The molecule has 8 N–H and O–H groups in total. The average molecular weight is 433 g/mol. The van der Waals surface area contributed by atoms with E-state index in [2.05, 4.69) is 23.3 Å². The molecule has 0 aromatic carbocycles. The topological polar surface area (TPSA) is 205 Å². The Morgan fingerprint density at radius 3 is 2.34 bits per heavy atom. The lowest BCUT2D eigenvalue weighted by Crippen LogP contribution is -2.59. The Labute approximate surface area is 172 Å². The quantitative estimate of drug-likeness (QED) is 0.172. The molecule has 0 aromatic rings. The Bertz CT molecular complexity index is 660. The second kappa shape index (κ2) is 11.0. The van der Waals surface area contributed by atoms with Crippen molar-refractivity contribution in [3.63, 3.8) is 0 Å². The fourth-order valence-electron chi connectivity index (χ4n) is 2.92. The van der Waals surface area contributed by atoms with Gasteiger partial charge < -0.3 is 37.2 Å². The number of carboxylic acid groups (broad SMARTS) is 1. The van der Waals surface area contributed by atoms with Crippen molar-refractivity contribution in [1.29, 1.82) is 0 Å². The largest absolute Gasteiger partial charge is 0.480 e. The third kappa shape index (κ3) is 6.87. The number of nitrogens with two attached hydrogens (primary N) is 2. The molecule has 13 heteroatoms. The van der Waals surface area contributed by atoms with Crippen LogP contribution in [0.1, 0.15) is 26.2 Å². The second-order valence-corrected chi connectivity index (χ2v) is 7.14. The zero-order valence-electron chi connectivity index (χ0n) is 15.9. The molecule has 12 nitrogen and oxygen atoms in total. The van der Waals surface area contributed by atoms with E-state index in [-0.39, 0.29) is 18.7 Å². The molecule has 1 fully saturated rings. The molecule has 0 radical (unpaired) electrons. The highest BCUT2D eigenvalue weighted by Gasteiger charge is 2.39. The van der Waals surface area contributed by atoms with E-state index in [1.165, 1.54) is 11.8 Å². The maximum atomic E-state index is 12.7. The maximum absolute atomic E-state index is 12.7. The first-order valence-corrected chi connectivity index (χ1v) is 9.59. The molecule has 1 aliphatic rings. The van der Waals surface area contributed by atoms with E-state index in [1.54, 1.807) is 0 Å². The molecular weight excluding hydrogens is 406 g/mol. The minimum Gasteiger partial charge on any atom is -0.480 e. The van der Waals surface area contributed by atoms with E-state index in [9.17, 15) is 29.1 Å². The number of nitrogens with zero attached hydrogens (tertiary/aromatic N) is 1. The Morgan fingerprint density at radius 2 is 1.86 bits per heavy atom. The third-order valence-corrected chi connectivity index (χ3v) is 4.80. The van der Waals surface area contributed by atoms with Gasteiger partial charge in [-0.15, -0.1) is 0 Å². The SMILES string of the molecule is CC(O)C(NC(=O)C1CCCN1C(=O)C(N)CC(N)=O)C(=O)NC(CS)C(=O)O. The highest BCUT2D eigenvalue weighted by Crippen LogP contribution is 2.19. The van der Waals surface area contributed by atoms with Crippen LogP contribution >= 0.6 is 12.6 Å². The van der Waals surface area contributed by atoms with Crippen molar-refractivity contribution in [2.75, 3.05) is 12.3 Å². The minimum atomic E-state index is -1.44. The van der Waals surface area contributed by atoms with Crippen LogP contribution < -0.4 is 22.1 Å². The van der Waals surface area contributed by atoms with Gasteiger partial charge in [-0.1, -0.05) is 0 Å². The van der Waals surface area contributed by atoms with Gasteiger partial charge >= 0.3 is 5.97 Å². The first-order valence-electron chi connectivity index (χ1n) is 8.96. The molecule has 1 heterocycles. The lowest BCUT2D eigenvalue weighted by Gasteiger charge is -2.29. The molecular formula is C16H27N5O7S. The van der Waals surface area contributed by atoms with Gasteiger partial charge in [0, 0.05) is 12.3 Å². The van der Waals surface area contributed by atoms with Crippen molar-refractivity contribution in [3.8, 4) is 0 Å². The number of hydrogen-bond acceptors (Lipinski definition) is 8. The summed E-state index contributed by atoms with van der Waals surface area (Å²) in [5.41, 5.74) is 10.7. The summed E-state index contributed by atoms with van der Waals surface area (Å²) in [6.07, 6.45) is -0.915. The van der Waals surface area contributed by atoms with Crippen LogP contribution in [0.15, 0.2) is 0 Å². The molecule has 5 atom stereocenters. The minimum absolute atomic E-state index is 0.190. The smallest absolute Gasteiger partial charge is 0.327 e. The molecule has 4 amide bonds. The van der Waals surface area contributed by atoms with Crippen LogP contribution in [0.2, 0.25) is 0 Å². The van der Waals surface area contributed by atoms with E-state index in [1.807, 2.05) is 0 Å². The molecule has 0 spiro atoms. The van der Waals surface area contributed by atoms with Crippen LogP contribution in [-0.4, -0.2) is 87.3 Å². The molecule has 1 aliphatic heterocycles. The predicted octanol–water partition coefficient (Wildman–Crippen LogP) is -3.46. The summed E-state index contributed by atoms with van der Waals surface area (Å²) < 4.78 is 0. The number of carbonyl (C=O) groups is 5. The van der Waals surface area contributed by atoms with Crippen molar-refractivity contribution in [2.45, 2.75) is 56.5 Å². The molecule has 1 saturated heterocycles. The zero-order chi connectivity index (χ0) is 22.3. The molecule has 164 valence electrons. The van der Waals surface area contributed by atoms with Gasteiger partial charge in [0.2, 0.25) is 23.6 Å². The number of thiol groups is 1. The van der Waals surface area contributed by atoms with Gasteiger partial charge in [-0.25, -0.2) is 4.79 Å². The number of nitrogens with one attached hydrogen (secondary N) is 2. The highest BCUT2D eigenvalue weighted by atomic mass is 32.1. The molecule has 0 bridgehead atoms. The van der Waals surface area contributed by atoms with Crippen LogP contribution in [0.3, 0.4) is 0 Å². The summed E-state index contributed by atoms with van der Waals surface area (Å²) in [7, 11) is 0. The Hall–Kier alpha value is -2.38. The maximum Gasteiger partial charge on any atom is 0.327 e. The number of aliphatic hydroxyl groups excluding tert-OH is 1. The number of aliphatic carboxylic acids is 1. The lowest BCUT2D eigenvalue weighted by atomic mass is 10.1. The number of carbonyl (C=O) groups excluding carboxylic acids is 4. The summed E-state index contributed by atoms with van der Waals surface area (Å²) in [6, 6.07) is -4.89. The summed E-state index contributed by atoms with van der Waals surface area (Å²) in [5.74, 6) is -4.50. The summed E-state index contributed by atoms with van der Waals surface area (Å²) >= 11 is 3.83. The molecule has 1 rings (SSSR count). The Morgan fingerprint density at radius 1 is 1.24 bits per heavy atom. The summed E-state index contributed by atoms with van der Waals surface area (Å²) in [5, 5.41) is 23.4.